The molecule has 0 radical (unpaired) electrons. The second-order valence-corrected chi connectivity index (χ2v) is 7.45. The fourth-order valence-electron chi connectivity index (χ4n) is 3.40. The van der Waals surface area contributed by atoms with Crippen LogP contribution in [0.4, 0.5) is 17.6 Å². The van der Waals surface area contributed by atoms with Crippen molar-refractivity contribution in [2.45, 2.75) is 13.8 Å². The largest absolute Gasteiger partial charge is 0.456 e. The molecule has 3 heterocycles. The Hall–Kier alpha value is -3.30. The maximum absolute atomic E-state index is 9.12. The number of β-amino-alcohol motifs (C(OH)–C–C–N with tert-alkyl or cyclic N) is 1. The molecule has 4 rings (SSSR count). The van der Waals surface area contributed by atoms with Crippen LogP contribution in [0.5, 0.6) is 11.5 Å². The van der Waals surface area contributed by atoms with Crippen molar-refractivity contribution in [3.8, 4) is 11.5 Å². The average molecular weight is 422 g/mol. The van der Waals surface area contributed by atoms with Crippen LogP contribution in [-0.4, -0.2) is 69.3 Å². The van der Waals surface area contributed by atoms with Crippen molar-refractivity contribution in [2.75, 3.05) is 49.5 Å². The van der Waals surface area contributed by atoms with Gasteiger partial charge in [-0.05, 0) is 38.1 Å². The predicted octanol–water partition coefficient (Wildman–Crippen LogP) is 2.53. The number of ether oxygens (including phenoxy) is 1. The highest BCUT2D eigenvalue weighted by atomic mass is 16.5. The topological polar surface area (TPSA) is 99.5 Å². The van der Waals surface area contributed by atoms with Gasteiger partial charge in [0, 0.05) is 50.2 Å². The van der Waals surface area contributed by atoms with E-state index in [1.165, 1.54) is 0 Å². The molecule has 9 nitrogen and oxygen atoms in total. The molecule has 3 aromatic rings. The molecular weight excluding hydrogens is 394 g/mol. The number of rotatable bonds is 7. The first kappa shape index (κ1) is 21.0. The van der Waals surface area contributed by atoms with Gasteiger partial charge in [-0.25, -0.2) is 0 Å². The second-order valence-electron chi connectivity index (χ2n) is 7.45. The van der Waals surface area contributed by atoms with Crippen molar-refractivity contribution >= 4 is 17.6 Å². The Labute approximate surface area is 181 Å². The number of hydrogen-bond donors (Lipinski definition) is 2. The number of aliphatic hydroxyl groups excluding tert-OH is 1. The Morgan fingerprint density at radius 1 is 1.00 bits per heavy atom. The number of hydrogen-bond acceptors (Lipinski definition) is 9. The lowest BCUT2D eigenvalue weighted by atomic mass is 10.3. The first-order valence-corrected chi connectivity index (χ1v) is 10.4. The maximum Gasteiger partial charge on any atom is 0.232 e. The van der Waals surface area contributed by atoms with E-state index in [0.29, 0.717) is 35.8 Å². The van der Waals surface area contributed by atoms with Gasteiger partial charge in [0.1, 0.15) is 17.3 Å². The van der Waals surface area contributed by atoms with Gasteiger partial charge in [0.25, 0.3) is 0 Å². The molecule has 1 fully saturated rings. The number of aliphatic hydroxyl groups is 1. The predicted molar refractivity (Wildman–Crippen MR) is 119 cm³/mol. The average Bonchev–Trinajstić information content (AvgIpc) is 2.76. The summed E-state index contributed by atoms with van der Waals surface area (Å²) in [5.74, 6) is 3.19. The highest BCUT2D eigenvalue weighted by molar-refractivity contribution is 5.57. The highest BCUT2D eigenvalue weighted by Gasteiger charge is 2.19. The zero-order chi connectivity index (χ0) is 21.6. The van der Waals surface area contributed by atoms with Gasteiger partial charge < -0.3 is 20.1 Å². The van der Waals surface area contributed by atoms with E-state index in [1.54, 1.807) is 6.20 Å². The normalized spacial score (nSPS) is 14.5. The fourth-order valence-corrected chi connectivity index (χ4v) is 3.40. The van der Waals surface area contributed by atoms with Crippen molar-refractivity contribution in [2.24, 2.45) is 0 Å². The van der Waals surface area contributed by atoms with E-state index < -0.39 is 0 Å². The molecule has 0 bridgehead atoms. The van der Waals surface area contributed by atoms with Crippen LogP contribution in [0.3, 0.4) is 0 Å². The van der Waals surface area contributed by atoms with E-state index in [4.69, 9.17) is 9.84 Å². The molecule has 2 aromatic heterocycles. The molecule has 1 saturated heterocycles. The molecule has 0 spiro atoms. The standard InChI is InChI=1S/C22H27N7O2/c1-16-6-7-20(15-23-16)31-19-5-3-4-18(14-19)26-21-24-17(2)25-22(27-21)29-10-8-28(9-11-29)12-13-30/h3-7,14-15,30H,8-13H2,1-2H3,(H,24,25,26,27). The summed E-state index contributed by atoms with van der Waals surface area (Å²) in [7, 11) is 0. The van der Waals surface area contributed by atoms with Crippen molar-refractivity contribution < 1.29 is 9.84 Å². The van der Waals surface area contributed by atoms with E-state index in [0.717, 1.165) is 37.6 Å². The van der Waals surface area contributed by atoms with Gasteiger partial charge in [0.15, 0.2) is 0 Å². The van der Waals surface area contributed by atoms with Crippen LogP contribution in [0.15, 0.2) is 42.6 Å². The first-order valence-electron chi connectivity index (χ1n) is 10.4. The van der Waals surface area contributed by atoms with Crippen LogP contribution in [0, 0.1) is 13.8 Å². The summed E-state index contributed by atoms with van der Waals surface area (Å²) in [6.45, 7) is 8.07. The van der Waals surface area contributed by atoms with Gasteiger partial charge in [-0.1, -0.05) is 6.07 Å². The molecule has 1 aromatic carbocycles. The molecule has 0 amide bonds. The number of aryl methyl sites for hydroxylation is 2. The molecule has 0 atom stereocenters. The molecule has 0 unspecified atom stereocenters. The summed E-state index contributed by atoms with van der Waals surface area (Å²) in [5, 5.41) is 12.4. The Kier molecular flexibility index (Phi) is 6.54. The number of nitrogens with one attached hydrogen (secondary N) is 1. The Morgan fingerprint density at radius 3 is 2.58 bits per heavy atom. The summed E-state index contributed by atoms with van der Waals surface area (Å²) in [6.07, 6.45) is 1.71. The van der Waals surface area contributed by atoms with Crippen molar-refractivity contribution in [1.29, 1.82) is 0 Å². The van der Waals surface area contributed by atoms with Gasteiger partial charge in [-0.15, -0.1) is 0 Å². The molecule has 0 saturated carbocycles. The van der Waals surface area contributed by atoms with Crippen LogP contribution in [0.1, 0.15) is 11.5 Å². The molecular formula is C22H27N7O2. The molecule has 0 aliphatic carbocycles. The highest BCUT2D eigenvalue weighted by Crippen LogP contribution is 2.25. The lowest BCUT2D eigenvalue weighted by Gasteiger charge is -2.34. The van der Waals surface area contributed by atoms with Crippen LogP contribution >= 0.6 is 0 Å². The molecule has 9 heteroatoms. The van der Waals surface area contributed by atoms with Crippen molar-refractivity contribution in [3.63, 3.8) is 0 Å². The third-order valence-electron chi connectivity index (χ3n) is 5.02. The zero-order valence-electron chi connectivity index (χ0n) is 17.8. The number of benzene rings is 1. The lowest BCUT2D eigenvalue weighted by molar-refractivity contribution is 0.188. The fraction of sp³-hybridized carbons (Fsp3) is 0.364. The van der Waals surface area contributed by atoms with Crippen LogP contribution in [-0.2, 0) is 0 Å². The van der Waals surface area contributed by atoms with Crippen molar-refractivity contribution in [3.05, 3.63) is 54.1 Å². The summed E-state index contributed by atoms with van der Waals surface area (Å²) >= 11 is 0. The summed E-state index contributed by atoms with van der Waals surface area (Å²) < 4.78 is 5.90. The molecule has 1 aliphatic rings. The Morgan fingerprint density at radius 2 is 1.84 bits per heavy atom. The van der Waals surface area contributed by atoms with Crippen LogP contribution in [0.25, 0.3) is 0 Å². The van der Waals surface area contributed by atoms with Crippen LogP contribution < -0.4 is 15.0 Å². The van der Waals surface area contributed by atoms with Gasteiger partial charge in [0.2, 0.25) is 11.9 Å². The van der Waals surface area contributed by atoms with Gasteiger partial charge in [-0.3, -0.25) is 9.88 Å². The Balaban J connectivity index is 1.45. The Bertz CT molecular complexity index is 1000. The van der Waals surface area contributed by atoms with Gasteiger partial charge in [0.05, 0.1) is 12.8 Å². The maximum atomic E-state index is 9.12. The SMILES string of the molecule is Cc1ccc(Oc2cccc(Nc3nc(C)nc(N4CCN(CCO)CC4)n3)c2)cn1. The third-order valence-corrected chi connectivity index (χ3v) is 5.02. The minimum atomic E-state index is 0.183. The summed E-state index contributed by atoms with van der Waals surface area (Å²) in [4.78, 5) is 22.2. The van der Waals surface area contributed by atoms with E-state index >= 15 is 0 Å². The third kappa shape index (κ3) is 5.65. The number of piperazine rings is 1. The molecule has 2 N–H and O–H groups in total. The number of anilines is 3. The lowest BCUT2D eigenvalue weighted by Crippen LogP contribution is -2.47. The minimum absolute atomic E-state index is 0.183. The molecule has 1 aliphatic heterocycles. The molecule has 162 valence electrons. The monoisotopic (exact) mass is 421 g/mol. The van der Waals surface area contributed by atoms with Crippen molar-refractivity contribution in [1.82, 2.24) is 24.8 Å². The van der Waals surface area contributed by atoms with Crippen LogP contribution in [0.2, 0.25) is 0 Å². The van der Waals surface area contributed by atoms with E-state index in [2.05, 4.69) is 35.1 Å². The van der Waals surface area contributed by atoms with E-state index in [9.17, 15) is 0 Å². The minimum Gasteiger partial charge on any atom is -0.456 e. The van der Waals surface area contributed by atoms with E-state index in [-0.39, 0.29) is 6.61 Å². The van der Waals surface area contributed by atoms with Gasteiger partial charge in [-0.2, -0.15) is 15.0 Å². The number of nitrogens with zero attached hydrogens (tertiary/aromatic N) is 6. The van der Waals surface area contributed by atoms with E-state index in [1.807, 2.05) is 50.2 Å². The summed E-state index contributed by atoms with van der Waals surface area (Å²) in [5.41, 5.74) is 1.76. The molecule has 31 heavy (non-hydrogen) atoms. The smallest absolute Gasteiger partial charge is 0.232 e. The quantitative estimate of drug-likeness (QED) is 0.596. The number of pyridine rings is 1. The van der Waals surface area contributed by atoms with Gasteiger partial charge >= 0.3 is 0 Å². The number of aromatic nitrogens is 4. The zero-order valence-corrected chi connectivity index (χ0v) is 17.8. The summed E-state index contributed by atoms with van der Waals surface area (Å²) in [6, 6.07) is 11.4. The second kappa shape index (κ2) is 9.67. The first-order chi connectivity index (χ1) is 15.1.